The second kappa shape index (κ2) is 6.91. The van der Waals surface area contributed by atoms with Gasteiger partial charge in [-0.1, -0.05) is 29.3 Å². The van der Waals surface area contributed by atoms with Crippen LogP contribution < -0.4 is 5.32 Å². The van der Waals surface area contributed by atoms with E-state index < -0.39 is 0 Å². The van der Waals surface area contributed by atoms with Crippen molar-refractivity contribution in [2.45, 2.75) is 26.8 Å². The van der Waals surface area contributed by atoms with E-state index in [0.29, 0.717) is 0 Å². The summed E-state index contributed by atoms with van der Waals surface area (Å²) in [4.78, 5) is 0. The molecule has 1 aromatic rings. The average molecular weight is 223 g/mol. The highest BCUT2D eigenvalue weighted by molar-refractivity contribution is 7.98. The van der Waals surface area contributed by atoms with Crippen LogP contribution in [0.4, 0.5) is 0 Å². The molecule has 0 heterocycles. The number of nitrogens with one attached hydrogen (secondary N) is 1. The summed E-state index contributed by atoms with van der Waals surface area (Å²) in [5, 5.41) is 3.48. The molecule has 1 aromatic carbocycles. The van der Waals surface area contributed by atoms with Crippen molar-refractivity contribution in [3.05, 3.63) is 34.9 Å². The molecule has 1 N–H and O–H groups in total. The molecule has 0 atom stereocenters. The first kappa shape index (κ1) is 12.6. The first-order chi connectivity index (χ1) is 7.22. The number of hydrogen-bond acceptors (Lipinski definition) is 2. The van der Waals surface area contributed by atoms with Crippen LogP contribution >= 0.6 is 11.8 Å². The molecule has 0 spiro atoms. The zero-order valence-electron chi connectivity index (χ0n) is 9.97. The molecule has 0 aliphatic heterocycles. The third kappa shape index (κ3) is 5.24. The number of aryl methyl sites for hydroxylation is 2. The van der Waals surface area contributed by atoms with Gasteiger partial charge < -0.3 is 5.32 Å². The molecule has 0 aliphatic rings. The van der Waals surface area contributed by atoms with Gasteiger partial charge in [-0.2, -0.15) is 11.8 Å². The van der Waals surface area contributed by atoms with Crippen molar-refractivity contribution in [2.24, 2.45) is 0 Å². The van der Waals surface area contributed by atoms with Crippen LogP contribution in [0.2, 0.25) is 0 Å². The number of thioether (sulfide) groups is 1. The van der Waals surface area contributed by atoms with Crippen molar-refractivity contribution >= 4 is 11.8 Å². The van der Waals surface area contributed by atoms with E-state index in [1.165, 1.54) is 28.9 Å². The molecular weight excluding hydrogens is 202 g/mol. The fourth-order valence-corrected chi connectivity index (χ4v) is 2.18. The van der Waals surface area contributed by atoms with Gasteiger partial charge in [0, 0.05) is 6.54 Å². The van der Waals surface area contributed by atoms with Crippen LogP contribution in [0.1, 0.15) is 23.1 Å². The van der Waals surface area contributed by atoms with E-state index in [9.17, 15) is 0 Å². The number of hydrogen-bond donors (Lipinski definition) is 1. The van der Waals surface area contributed by atoms with E-state index in [4.69, 9.17) is 0 Å². The molecule has 84 valence electrons. The molecule has 0 amide bonds. The van der Waals surface area contributed by atoms with Crippen molar-refractivity contribution in [3.63, 3.8) is 0 Å². The highest BCUT2D eigenvalue weighted by Crippen LogP contribution is 2.08. The summed E-state index contributed by atoms with van der Waals surface area (Å²) in [5.41, 5.74) is 4.11. The zero-order chi connectivity index (χ0) is 11.1. The second-order valence-corrected chi connectivity index (χ2v) is 5.00. The average Bonchev–Trinajstić information content (AvgIpc) is 2.16. The minimum Gasteiger partial charge on any atom is -0.313 e. The Morgan fingerprint density at radius 3 is 2.40 bits per heavy atom. The van der Waals surface area contributed by atoms with E-state index in [2.05, 4.69) is 43.6 Å². The standard InChI is InChI=1S/C13H21NS/c1-11-7-12(2)9-13(8-11)10-14-5-4-6-15-3/h7-9,14H,4-6,10H2,1-3H3. The highest BCUT2D eigenvalue weighted by Gasteiger charge is 1.95. The van der Waals surface area contributed by atoms with Crippen molar-refractivity contribution < 1.29 is 0 Å². The van der Waals surface area contributed by atoms with Gasteiger partial charge in [-0.05, 0) is 44.4 Å². The Labute approximate surface area is 97.7 Å². The summed E-state index contributed by atoms with van der Waals surface area (Å²) < 4.78 is 0. The highest BCUT2D eigenvalue weighted by atomic mass is 32.2. The van der Waals surface area contributed by atoms with Crippen molar-refractivity contribution in [2.75, 3.05) is 18.6 Å². The molecule has 0 fully saturated rings. The maximum absolute atomic E-state index is 3.48. The molecule has 15 heavy (non-hydrogen) atoms. The number of rotatable bonds is 6. The first-order valence-corrected chi connectivity index (χ1v) is 6.88. The van der Waals surface area contributed by atoms with E-state index >= 15 is 0 Å². The Morgan fingerprint density at radius 1 is 1.13 bits per heavy atom. The summed E-state index contributed by atoms with van der Waals surface area (Å²) >= 11 is 1.91. The Hall–Kier alpha value is -0.470. The van der Waals surface area contributed by atoms with Crippen LogP contribution in [-0.2, 0) is 6.54 Å². The van der Waals surface area contributed by atoms with Gasteiger partial charge in [-0.15, -0.1) is 0 Å². The second-order valence-electron chi connectivity index (χ2n) is 4.02. The van der Waals surface area contributed by atoms with Crippen molar-refractivity contribution in [1.29, 1.82) is 0 Å². The summed E-state index contributed by atoms with van der Waals surface area (Å²) in [7, 11) is 0. The van der Waals surface area contributed by atoms with Crippen molar-refractivity contribution in [3.8, 4) is 0 Å². The van der Waals surface area contributed by atoms with Crippen LogP contribution in [-0.4, -0.2) is 18.6 Å². The van der Waals surface area contributed by atoms with Gasteiger partial charge in [0.25, 0.3) is 0 Å². The molecule has 0 aromatic heterocycles. The SMILES string of the molecule is CSCCCNCc1cc(C)cc(C)c1. The maximum atomic E-state index is 3.48. The molecule has 1 nitrogen and oxygen atoms in total. The van der Waals surface area contributed by atoms with Gasteiger partial charge in [-0.3, -0.25) is 0 Å². The zero-order valence-corrected chi connectivity index (χ0v) is 10.8. The molecule has 0 aliphatic carbocycles. The quantitative estimate of drug-likeness (QED) is 0.744. The molecule has 1 rings (SSSR count). The van der Waals surface area contributed by atoms with Crippen LogP contribution in [0.5, 0.6) is 0 Å². The maximum Gasteiger partial charge on any atom is 0.0205 e. The Balaban J connectivity index is 2.31. The predicted octanol–water partition coefficient (Wildman–Crippen LogP) is 3.15. The van der Waals surface area contributed by atoms with Gasteiger partial charge in [0.1, 0.15) is 0 Å². The van der Waals surface area contributed by atoms with Gasteiger partial charge >= 0.3 is 0 Å². The first-order valence-electron chi connectivity index (χ1n) is 5.49. The van der Waals surface area contributed by atoms with E-state index in [0.717, 1.165) is 13.1 Å². The van der Waals surface area contributed by atoms with Gasteiger partial charge in [0.2, 0.25) is 0 Å². The normalized spacial score (nSPS) is 10.6. The van der Waals surface area contributed by atoms with E-state index in [1.54, 1.807) is 0 Å². The van der Waals surface area contributed by atoms with Gasteiger partial charge in [0.05, 0.1) is 0 Å². The summed E-state index contributed by atoms with van der Waals surface area (Å²) in [6.45, 7) is 6.43. The molecular formula is C13H21NS. The van der Waals surface area contributed by atoms with Gasteiger partial charge in [-0.25, -0.2) is 0 Å². The molecule has 0 unspecified atom stereocenters. The largest absolute Gasteiger partial charge is 0.313 e. The van der Waals surface area contributed by atoms with Crippen LogP contribution in [0.3, 0.4) is 0 Å². The molecule has 2 heteroatoms. The van der Waals surface area contributed by atoms with Crippen LogP contribution in [0.25, 0.3) is 0 Å². The molecule has 0 bridgehead atoms. The fourth-order valence-electron chi connectivity index (χ4n) is 1.75. The smallest absolute Gasteiger partial charge is 0.0205 e. The lowest BCUT2D eigenvalue weighted by Gasteiger charge is -2.06. The monoisotopic (exact) mass is 223 g/mol. The lowest BCUT2D eigenvalue weighted by atomic mass is 10.1. The summed E-state index contributed by atoms with van der Waals surface area (Å²) in [6.07, 6.45) is 3.41. The van der Waals surface area contributed by atoms with Crippen molar-refractivity contribution in [1.82, 2.24) is 5.32 Å². The third-order valence-electron chi connectivity index (χ3n) is 2.31. The van der Waals surface area contributed by atoms with Crippen LogP contribution in [0, 0.1) is 13.8 Å². The molecule has 0 saturated heterocycles. The Bertz CT molecular complexity index is 276. The minimum absolute atomic E-state index is 0.997. The summed E-state index contributed by atoms with van der Waals surface area (Å²) in [6, 6.07) is 6.74. The topological polar surface area (TPSA) is 12.0 Å². The van der Waals surface area contributed by atoms with E-state index in [1.807, 2.05) is 11.8 Å². The number of benzene rings is 1. The molecule has 0 radical (unpaired) electrons. The van der Waals surface area contributed by atoms with Gasteiger partial charge in [0.15, 0.2) is 0 Å². The lowest BCUT2D eigenvalue weighted by Crippen LogP contribution is -2.15. The Morgan fingerprint density at radius 2 is 1.80 bits per heavy atom. The van der Waals surface area contributed by atoms with E-state index in [-0.39, 0.29) is 0 Å². The molecule has 0 saturated carbocycles. The lowest BCUT2D eigenvalue weighted by molar-refractivity contribution is 0.678. The Kier molecular flexibility index (Phi) is 5.81. The summed E-state index contributed by atoms with van der Waals surface area (Å²) in [5.74, 6) is 1.25. The van der Waals surface area contributed by atoms with Crippen LogP contribution in [0.15, 0.2) is 18.2 Å². The fraction of sp³-hybridized carbons (Fsp3) is 0.538. The predicted molar refractivity (Wildman–Crippen MR) is 70.6 cm³/mol. The minimum atomic E-state index is 0.997. The third-order valence-corrected chi connectivity index (χ3v) is 3.01.